The number of rotatable bonds is 6. The second-order valence-electron chi connectivity index (χ2n) is 6.17. The number of carbonyl (C=O) groups excluding carboxylic acids is 1. The molecule has 2 aromatic rings. The van der Waals surface area contributed by atoms with E-state index in [1.54, 1.807) is 32.5 Å². The quantitative estimate of drug-likeness (QED) is 0.857. The van der Waals surface area contributed by atoms with Gasteiger partial charge in [0, 0.05) is 30.8 Å². The van der Waals surface area contributed by atoms with E-state index in [1.165, 1.54) is 12.0 Å². The fourth-order valence-electron chi connectivity index (χ4n) is 3.34. The molecule has 1 heterocycles. The molecular formula is C19H23N3O2. The number of amides is 1. The molecular weight excluding hydrogens is 302 g/mol. The Morgan fingerprint density at radius 2 is 2.04 bits per heavy atom. The van der Waals surface area contributed by atoms with Gasteiger partial charge in [0.25, 0.3) is 5.91 Å². The lowest BCUT2D eigenvalue weighted by Crippen LogP contribution is -2.41. The van der Waals surface area contributed by atoms with E-state index in [0.717, 1.165) is 25.1 Å². The molecule has 5 nitrogen and oxygen atoms in total. The van der Waals surface area contributed by atoms with Crippen molar-refractivity contribution in [3.05, 3.63) is 53.7 Å². The van der Waals surface area contributed by atoms with Gasteiger partial charge < -0.3 is 15.4 Å². The number of nitrogens with zero attached hydrogens (tertiary/aromatic N) is 1. The topological polar surface area (TPSA) is 63.2 Å². The van der Waals surface area contributed by atoms with Crippen LogP contribution in [0, 0.1) is 0 Å². The van der Waals surface area contributed by atoms with E-state index in [4.69, 9.17) is 4.74 Å². The van der Waals surface area contributed by atoms with Crippen molar-refractivity contribution in [2.75, 3.05) is 26.0 Å². The maximum Gasteiger partial charge on any atom is 0.254 e. The lowest BCUT2D eigenvalue weighted by molar-refractivity contribution is 0.0963. The Morgan fingerprint density at radius 1 is 1.25 bits per heavy atom. The average Bonchev–Trinajstić information content (AvgIpc) is 2.61. The Bertz CT molecular complexity index is 726. The Balaban J connectivity index is 1.84. The van der Waals surface area contributed by atoms with Crippen LogP contribution in [-0.2, 0) is 5.41 Å². The third-order valence-electron chi connectivity index (χ3n) is 4.86. The molecule has 24 heavy (non-hydrogen) atoms. The van der Waals surface area contributed by atoms with Crippen LogP contribution in [-0.4, -0.2) is 31.6 Å². The zero-order valence-corrected chi connectivity index (χ0v) is 14.1. The maximum atomic E-state index is 12.0. The van der Waals surface area contributed by atoms with E-state index in [1.807, 2.05) is 12.1 Å². The molecule has 1 aromatic carbocycles. The van der Waals surface area contributed by atoms with E-state index < -0.39 is 0 Å². The molecule has 126 valence electrons. The van der Waals surface area contributed by atoms with Gasteiger partial charge in [0.15, 0.2) is 0 Å². The van der Waals surface area contributed by atoms with Crippen LogP contribution in [0.5, 0.6) is 5.75 Å². The molecule has 0 unspecified atom stereocenters. The summed E-state index contributed by atoms with van der Waals surface area (Å²) in [6.45, 7) is 0.731. The van der Waals surface area contributed by atoms with Crippen molar-refractivity contribution in [1.29, 1.82) is 0 Å². The van der Waals surface area contributed by atoms with Crippen molar-refractivity contribution in [3.63, 3.8) is 0 Å². The van der Waals surface area contributed by atoms with Crippen LogP contribution in [0.25, 0.3) is 0 Å². The Hall–Kier alpha value is -2.56. The van der Waals surface area contributed by atoms with Crippen LogP contribution >= 0.6 is 0 Å². The lowest BCUT2D eigenvalue weighted by Gasteiger charge is -2.43. The number of benzene rings is 1. The van der Waals surface area contributed by atoms with Crippen LogP contribution in [0.3, 0.4) is 0 Å². The largest absolute Gasteiger partial charge is 0.496 e. The number of hydrogen-bond donors (Lipinski definition) is 2. The second-order valence-corrected chi connectivity index (χ2v) is 6.17. The molecule has 0 saturated heterocycles. The van der Waals surface area contributed by atoms with Gasteiger partial charge in [-0.15, -0.1) is 0 Å². The highest BCUT2D eigenvalue weighted by Gasteiger charge is 2.40. The van der Waals surface area contributed by atoms with Crippen molar-refractivity contribution in [3.8, 4) is 5.75 Å². The monoisotopic (exact) mass is 325 g/mol. The minimum atomic E-state index is -0.134. The summed E-state index contributed by atoms with van der Waals surface area (Å²) in [4.78, 5) is 16.3. The molecule has 1 aliphatic rings. The van der Waals surface area contributed by atoms with Gasteiger partial charge in [-0.05, 0) is 31.0 Å². The highest BCUT2D eigenvalue weighted by molar-refractivity contribution is 5.98. The Labute approximate surface area is 142 Å². The number of carbonyl (C=O) groups is 1. The van der Waals surface area contributed by atoms with Crippen LogP contribution in [0.2, 0.25) is 0 Å². The van der Waals surface area contributed by atoms with E-state index in [-0.39, 0.29) is 11.3 Å². The number of pyridine rings is 1. The third-order valence-corrected chi connectivity index (χ3v) is 4.86. The third kappa shape index (κ3) is 2.94. The van der Waals surface area contributed by atoms with Crippen molar-refractivity contribution in [2.24, 2.45) is 0 Å². The van der Waals surface area contributed by atoms with Crippen molar-refractivity contribution >= 4 is 11.7 Å². The number of ether oxygens (including phenoxy) is 1. The minimum absolute atomic E-state index is 0.0318. The molecule has 1 amide bonds. The number of hydrogen-bond acceptors (Lipinski definition) is 4. The number of methoxy groups -OCH3 is 1. The van der Waals surface area contributed by atoms with Gasteiger partial charge in [-0.3, -0.25) is 4.79 Å². The van der Waals surface area contributed by atoms with Gasteiger partial charge in [-0.25, -0.2) is 4.98 Å². The molecule has 1 aromatic heterocycles. The van der Waals surface area contributed by atoms with Crippen LogP contribution < -0.4 is 15.4 Å². The summed E-state index contributed by atoms with van der Waals surface area (Å²) in [6, 6.07) is 11.7. The first-order chi connectivity index (χ1) is 11.7. The number of nitrogens with one attached hydrogen (secondary N) is 2. The Morgan fingerprint density at radius 3 is 2.71 bits per heavy atom. The molecule has 0 spiro atoms. The second kappa shape index (κ2) is 6.91. The zero-order chi connectivity index (χ0) is 17.0. The summed E-state index contributed by atoms with van der Waals surface area (Å²) < 4.78 is 5.55. The van der Waals surface area contributed by atoms with Crippen LogP contribution in [0.15, 0.2) is 42.6 Å². The average molecular weight is 325 g/mol. The maximum absolute atomic E-state index is 12.0. The van der Waals surface area contributed by atoms with Gasteiger partial charge >= 0.3 is 0 Å². The van der Waals surface area contributed by atoms with Gasteiger partial charge in [0.05, 0.1) is 12.7 Å². The molecule has 0 radical (unpaired) electrons. The van der Waals surface area contributed by atoms with E-state index in [0.29, 0.717) is 11.4 Å². The smallest absolute Gasteiger partial charge is 0.254 e. The first kappa shape index (κ1) is 16.3. The number of anilines is 1. The van der Waals surface area contributed by atoms with Gasteiger partial charge in [-0.1, -0.05) is 24.6 Å². The van der Waals surface area contributed by atoms with Gasteiger partial charge in [-0.2, -0.15) is 0 Å². The standard InChI is InChI=1S/C19H23N3O2/c1-20-18(23)14-7-5-12-21-17(14)22-13-19(10-6-11-19)15-8-3-4-9-16(15)24-2/h3-5,7-9,12H,6,10-11,13H2,1-2H3,(H,20,23)(H,21,22). The molecule has 0 aliphatic heterocycles. The normalized spacial score (nSPS) is 15.2. The molecule has 1 saturated carbocycles. The van der Waals surface area contributed by atoms with Gasteiger partial charge in [0.2, 0.25) is 0 Å². The highest BCUT2D eigenvalue weighted by Crippen LogP contribution is 2.47. The summed E-state index contributed by atoms with van der Waals surface area (Å²) in [6.07, 6.45) is 5.10. The van der Waals surface area contributed by atoms with Gasteiger partial charge in [0.1, 0.15) is 11.6 Å². The van der Waals surface area contributed by atoms with Crippen molar-refractivity contribution in [1.82, 2.24) is 10.3 Å². The summed E-state index contributed by atoms with van der Waals surface area (Å²) in [7, 11) is 3.34. The fraction of sp³-hybridized carbons (Fsp3) is 0.368. The predicted octanol–water partition coefficient (Wildman–Crippen LogP) is 2.98. The molecule has 2 N–H and O–H groups in total. The van der Waals surface area contributed by atoms with Crippen LogP contribution in [0.4, 0.5) is 5.82 Å². The first-order valence-electron chi connectivity index (χ1n) is 8.25. The summed E-state index contributed by atoms with van der Waals surface area (Å²) in [5.74, 6) is 1.41. The number of aromatic nitrogens is 1. The highest BCUT2D eigenvalue weighted by atomic mass is 16.5. The van der Waals surface area contributed by atoms with E-state index >= 15 is 0 Å². The first-order valence-corrected chi connectivity index (χ1v) is 8.25. The van der Waals surface area contributed by atoms with Crippen molar-refractivity contribution in [2.45, 2.75) is 24.7 Å². The van der Waals surface area contributed by atoms with Crippen molar-refractivity contribution < 1.29 is 9.53 Å². The summed E-state index contributed by atoms with van der Waals surface area (Å²) in [5, 5.41) is 6.05. The minimum Gasteiger partial charge on any atom is -0.496 e. The van der Waals surface area contributed by atoms with Crippen LogP contribution in [0.1, 0.15) is 35.2 Å². The SMILES string of the molecule is CNC(=O)c1cccnc1NCC1(c2ccccc2OC)CCC1. The molecule has 1 aliphatic carbocycles. The number of para-hydroxylation sites is 1. The van der Waals surface area contributed by atoms with E-state index in [9.17, 15) is 4.79 Å². The Kier molecular flexibility index (Phi) is 4.69. The predicted molar refractivity (Wildman–Crippen MR) is 94.6 cm³/mol. The lowest BCUT2D eigenvalue weighted by atomic mass is 9.64. The molecule has 1 fully saturated rings. The fourth-order valence-corrected chi connectivity index (χ4v) is 3.34. The zero-order valence-electron chi connectivity index (χ0n) is 14.1. The summed E-state index contributed by atoms with van der Waals surface area (Å²) in [5.41, 5.74) is 1.82. The summed E-state index contributed by atoms with van der Waals surface area (Å²) >= 11 is 0. The molecule has 5 heteroatoms. The molecule has 0 bridgehead atoms. The molecule has 3 rings (SSSR count). The molecule has 0 atom stereocenters. The van der Waals surface area contributed by atoms with E-state index in [2.05, 4.69) is 27.8 Å².